The van der Waals surface area contributed by atoms with Crippen molar-refractivity contribution in [2.75, 3.05) is 68.9 Å². The van der Waals surface area contributed by atoms with E-state index in [1.54, 1.807) is 42.7 Å². The Bertz CT molecular complexity index is 1170. The van der Waals surface area contributed by atoms with Crippen molar-refractivity contribution < 1.29 is 33.2 Å². The molecule has 0 N–H and O–H groups in total. The zero-order valence-corrected chi connectivity index (χ0v) is 23.9. The highest BCUT2D eigenvalue weighted by Gasteiger charge is 2.31. The molecule has 212 valence electrons. The Kier molecular flexibility index (Phi) is 9.59. The van der Waals surface area contributed by atoms with Gasteiger partial charge in [-0.15, -0.1) is 0 Å². The van der Waals surface area contributed by atoms with Gasteiger partial charge in [-0.1, -0.05) is 0 Å². The van der Waals surface area contributed by atoms with Crippen molar-refractivity contribution in [3.05, 3.63) is 46.5 Å². The van der Waals surface area contributed by atoms with Gasteiger partial charge in [0.15, 0.2) is 23.0 Å². The number of hydrogen-bond donors (Lipinski definition) is 0. The number of rotatable bonds is 10. The van der Waals surface area contributed by atoms with Crippen LogP contribution >= 0.6 is 0 Å². The van der Waals surface area contributed by atoms with Crippen LogP contribution in [0, 0.1) is 0 Å². The van der Waals surface area contributed by atoms with Crippen molar-refractivity contribution in [1.29, 1.82) is 0 Å². The number of carbonyl (C=O) groups excluding carboxylic acids is 1. The van der Waals surface area contributed by atoms with Crippen molar-refractivity contribution in [2.24, 2.45) is 0 Å². The highest BCUT2D eigenvalue weighted by Crippen LogP contribution is 2.39. The minimum Gasteiger partial charge on any atom is -0.493 e. The van der Waals surface area contributed by atoms with E-state index in [2.05, 4.69) is 4.90 Å². The second kappa shape index (κ2) is 13.1. The van der Waals surface area contributed by atoms with Crippen molar-refractivity contribution in [1.82, 2.24) is 9.80 Å². The summed E-state index contributed by atoms with van der Waals surface area (Å²) in [7, 11) is 9.80. The number of amides is 1. The molecule has 1 aliphatic heterocycles. The molecule has 1 amide bonds. The van der Waals surface area contributed by atoms with Crippen molar-refractivity contribution in [3.8, 4) is 28.7 Å². The lowest BCUT2D eigenvalue weighted by Gasteiger charge is -2.41. The summed E-state index contributed by atoms with van der Waals surface area (Å²) < 4.78 is 33.1. The molecule has 1 atom stereocenters. The van der Waals surface area contributed by atoms with Gasteiger partial charge in [-0.25, -0.2) is 0 Å². The molecule has 2 aliphatic rings. The van der Waals surface area contributed by atoms with Crippen molar-refractivity contribution in [3.63, 3.8) is 0 Å². The fourth-order valence-corrected chi connectivity index (χ4v) is 5.49. The number of benzene rings is 2. The van der Waals surface area contributed by atoms with E-state index in [1.165, 1.54) is 5.56 Å². The van der Waals surface area contributed by atoms with Crippen LogP contribution in [0.1, 0.15) is 29.5 Å². The molecule has 1 aliphatic carbocycles. The van der Waals surface area contributed by atoms with Crippen LogP contribution in [0.3, 0.4) is 0 Å². The number of methoxy groups -OCH3 is 6. The number of fused-ring (bicyclic) bond motifs is 1. The van der Waals surface area contributed by atoms with Gasteiger partial charge < -0.3 is 33.3 Å². The molecule has 9 nitrogen and oxygen atoms in total. The standard InChI is InChI=1S/C30H40N2O7/c1-34-19-24-18-32(11-10-31(24)17-20-12-27(37-4)29(39-6)28(13-20)38-5)30(33)22-9-7-8-21-15-25(35-2)26(36-3)16-23(21)14-22/h12-16,24H,7-11,17-19H2,1-6H3. The largest absolute Gasteiger partial charge is 0.493 e. The molecule has 39 heavy (non-hydrogen) atoms. The average Bonchev–Trinajstić information content (AvgIpc) is 3.18. The third-order valence-corrected chi connectivity index (χ3v) is 7.50. The maximum atomic E-state index is 13.7. The summed E-state index contributed by atoms with van der Waals surface area (Å²) in [4.78, 5) is 18.1. The zero-order chi connectivity index (χ0) is 27.9. The van der Waals surface area contributed by atoms with E-state index in [9.17, 15) is 4.79 Å². The normalized spacial score (nSPS) is 17.5. The zero-order valence-electron chi connectivity index (χ0n) is 23.9. The first kappa shape index (κ1) is 28.6. The predicted molar refractivity (Wildman–Crippen MR) is 149 cm³/mol. The fourth-order valence-electron chi connectivity index (χ4n) is 5.49. The van der Waals surface area contributed by atoms with Crippen LogP contribution in [-0.4, -0.2) is 90.6 Å². The number of ether oxygens (including phenoxy) is 6. The molecule has 0 spiro atoms. The smallest absolute Gasteiger partial charge is 0.249 e. The molecule has 2 aromatic rings. The summed E-state index contributed by atoms with van der Waals surface area (Å²) in [5.74, 6) is 3.29. The summed E-state index contributed by atoms with van der Waals surface area (Å²) in [5, 5.41) is 0. The Hall–Kier alpha value is -3.43. The topological polar surface area (TPSA) is 78.9 Å². The van der Waals surface area contributed by atoms with Gasteiger partial charge in [0, 0.05) is 38.9 Å². The van der Waals surface area contributed by atoms with Crippen LogP contribution in [0.4, 0.5) is 0 Å². The number of piperazine rings is 1. The Morgan fingerprint density at radius 3 is 2.10 bits per heavy atom. The lowest BCUT2D eigenvalue weighted by atomic mass is 10.0. The second-order valence-electron chi connectivity index (χ2n) is 9.79. The minimum absolute atomic E-state index is 0.0508. The van der Waals surface area contributed by atoms with Crippen LogP contribution in [-0.2, 0) is 22.5 Å². The van der Waals surface area contributed by atoms with Crippen LogP contribution < -0.4 is 23.7 Å². The average molecular weight is 541 g/mol. The molecule has 0 radical (unpaired) electrons. The van der Waals surface area contributed by atoms with Crippen LogP contribution in [0.5, 0.6) is 28.7 Å². The van der Waals surface area contributed by atoms with Gasteiger partial charge in [0.05, 0.1) is 48.2 Å². The van der Waals surface area contributed by atoms with Gasteiger partial charge in [-0.2, -0.15) is 0 Å². The number of nitrogens with zero attached hydrogens (tertiary/aromatic N) is 2. The maximum Gasteiger partial charge on any atom is 0.249 e. The summed E-state index contributed by atoms with van der Waals surface area (Å²) in [6.45, 7) is 3.15. The van der Waals surface area contributed by atoms with Gasteiger partial charge in [-0.05, 0) is 66.3 Å². The SMILES string of the molecule is COCC1CN(C(=O)C2=Cc3cc(OC)c(OC)cc3CCC2)CCN1Cc1cc(OC)c(OC)c(OC)c1. The first-order valence-corrected chi connectivity index (χ1v) is 13.2. The minimum atomic E-state index is 0.0508. The predicted octanol–water partition coefficient (Wildman–Crippen LogP) is 3.81. The monoisotopic (exact) mass is 540 g/mol. The summed E-state index contributed by atoms with van der Waals surface area (Å²) in [5.41, 5.74) is 4.05. The lowest BCUT2D eigenvalue weighted by Crippen LogP contribution is -2.56. The highest BCUT2D eigenvalue weighted by atomic mass is 16.5. The second-order valence-corrected chi connectivity index (χ2v) is 9.79. The maximum absolute atomic E-state index is 13.7. The Morgan fingerprint density at radius 2 is 1.49 bits per heavy atom. The first-order chi connectivity index (χ1) is 19.0. The third-order valence-electron chi connectivity index (χ3n) is 7.50. The molecular formula is C30H40N2O7. The van der Waals surface area contributed by atoms with Gasteiger partial charge in [0.1, 0.15) is 0 Å². The van der Waals surface area contributed by atoms with E-state index in [-0.39, 0.29) is 11.9 Å². The van der Waals surface area contributed by atoms with Crippen LogP contribution in [0.25, 0.3) is 6.08 Å². The molecule has 9 heteroatoms. The molecule has 0 saturated carbocycles. The highest BCUT2D eigenvalue weighted by molar-refractivity contribution is 5.98. The van der Waals surface area contributed by atoms with Crippen LogP contribution in [0.2, 0.25) is 0 Å². The van der Waals surface area contributed by atoms with E-state index in [1.807, 2.05) is 35.2 Å². The Labute approximate surface area is 231 Å². The number of carbonyl (C=O) groups is 1. The molecule has 0 aromatic heterocycles. The van der Waals surface area contributed by atoms with Gasteiger partial charge >= 0.3 is 0 Å². The van der Waals surface area contributed by atoms with E-state index >= 15 is 0 Å². The summed E-state index contributed by atoms with van der Waals surface area (Å²) >= 11 is 0. The lowest BCUT2D eigenvalue weighted by molar-refractivity contribution is -0.131. The van der Waals surface area contributed by atoms with Gasteiger partial charge in [0.2, 0.25) is 11.7 Å². The Morgan fingerprint density at radius 1 is 0.821 bits per heavy atom. The van der Waals surface area contributed by atoms with Gasteiger partial charge in [0.25, 0.3) is 0 Å². The molecule has 1 unspecified atom stereocenters. The van der Waals surface area contributed by atoms with E-state index < -0.39 is 0 Å². The number of hydrogen-bond acceptors (Lipinski definition) is 8. The first-order valence-electron chi connectivity index (χ1n) is 13.2. The fraction of sp³-hybridized carbons (Fsp3) is 0.500. The van der Waals surface area contributed by atoms with E-state index in [0.717, 1.165) is 42.5 Å². The summed E-state index contributed by atoms with van der Waals surface area (Å²) in [6, 6.07) is 7.99. The molecule has 4 rings (SSSR count). The molecule has 2 aromatic carbocycles. The van der Waals surface area contributed by atoms with Crippen molar-refractivity contribution in [2.45, 2.75) is 31.8 Å². The van der Waals surface area contributed by atoms with E-state index in [4.69, 9.17) is 28.4 Å². The molecule has 0 bridgehead atoms. The quantitative estimate of drug-likeness (QED) is 0.450. The third kappa shape index (κ3) is 6.25. The van der Waals surface area contributed by atoms with Crippen molar-refractivity contribution >= 4 is 12.0 Å². The molecule has 1 fully saturated rings. The molecular weight excluding hydrogens is 500 g/mol. The van der Waals surface area contributed by atoms with Crippen LogP contribution in [0.15, 0.2) is 29.8 Å². The van der Waals surface area contributed by atoms with Gasteiger partial charge in [-0.3, -0.25) is 9.69 Å². The number of aryl methyl sites for hydroxylation is 1. The summed E-state index contributed by atoms with van der Waals surface area (Å²) in [6.07, 6.45) is 4.56. The molecule has 1 heterocycles. The van der Waals surface area contributed by atoms with E-state index in [0.29, 0.717) is 55.0 Å². The molecule has 1 saturated heterocycles. The Balaban J connectivity index is 1.52.